The molecule has 0 aliphatic rings. The number of rotatable bonds is 5. The summed E-state index contributed by atoms with van der Waals surface area (Å²) >= 11 is 5.65. The highest BCUT2D eigenvalue weighted by Gasteiger charge is 2.33. The van der Waals surface area contributed by atoms with Crippen molar-refractivity contribution in [3.63, 3.8) is 0 Å². The fraction of sp³-hybridized carbons (Fsp3) is 0.217. The molecule has 0 amide bonds. The van der Waals surface area contributed by atoms with Gasteiger partial charge in [-0.1, -0.05) is 61.8 Å². The molecule has 2 aromatic carbocycles. The van der Waals surface area contributed by atoms with Gasteiger partial charge in [0.15, 0.2) is 11.5 Å². The van der Waals surface area contributed by atoms with Gasteiger partial charge in [-0.05, 0) is 29.2 Å². The molecule has 0 aliphatic carbocycles. The second-order valence-electron chi connectivity index (χ2n) is 8.11. The van der Waals surface area contributed by atoms with E-state index in [1.165, 1.54) is 6.07 Å². The molecule has 0 saturated carbocycles. The number of alkyl halides is 3. The van der Waals surface area contributed by atoms with Crippen molar-refractivity contribution >= 4 is 28.8 Å². The lowest BCUT2D eigenvalue weighted by atomic mass is 9.86. The fourth-order valence-corrected chi connectivity index (χ4v) is 3.12. The summed E-state index contributed by atoms with van der Waals surface area (Å²) < 4.78 is 43.6. The van der Waals surface area contributed by atoms with Gasteiger partial charge in [-0.25, -0.2) is 0 Å². The summed E-state index contributed by atoms with van der Waals surface area (Å²) in [5.74, 6) is -0.483. The van der Waals surface area contributed by atoms with E-state index in [1.807, 2.05) is 24.3 Å². The van der Waals surface area contributed by atoms with Crippen molar-refractivity contribution in [1.29, 1.82) is 5.26 Å². The Morgan fingerprint density at radius 3 is 2.33 bits per heavy atom. The van der Waals surface area contributed by atoms with Crippen molar-refractivity contribution in [2.45, 2.75) is 32.4 Å². The number of carbonyl (C=O) groups excluding carboxylic acids is 1. The van der Waals surface area contributed by atoms with Crippen LogP contribution in [0.4, 0.5) is 18.9 Å². The van der Waals surface area contributed by atoms with Gasteiger partial charge < -0.3 is 4.52 Å². The lowest BCUT2D eigenvalue weighted by Gasteiger charge is -2.18. The summed E-state index contributed by atoms with van der Waals surface area (Å²) in [5, 5.41) is 16.1. The highest BCUT2D eigenvalue weighted by atomic mass is 35.5. The zero-order chi connectivity index (χ0) is 24.4. The van der Waals surface area contributed by atoms with Crippen molar-refractivity contribution in [3.8, 4) is 17.4 Å². The average molecular weight is 475 g/mol. The summed E-state index contributed by atoms with van der Waals surface area (Å²) in [6.07, 6.45) is -4.61. The summed E-state index contributed by atoms with van der Waals surface area (Å²) in [5.41, 5.74) is 2.50. The number of aromatic nitrogens is 1. The Bertz CT molecular complexity index is 1250. The number of Topliss-reactive ketones (excluding diaryl/α,β-unsaturated/α-hetero) is 1. The number of hydrogen-bond donors (Lipinski definition) is 1. The van der Waals surface area contributed by atoms with E-state index in [9.17, 15) is 23.2 Å². The predicted molar refractivity (Wildman–Crippen MR) is 118 cm³/mol. The van der Waals surface area contributed by atoms with Crippen LogP contribution in [0.3, 0.4) is 0 Å². The van der Waals surface area contributed by atoms with Crippen LogP contribution in [0.15, 0.2) is 58.2 Å². The first kappa shape index (κ1) is 24.0. The number of nitriles is 1. The third-order valence-electron chi connectivity index (χ3n) is 4.67. The molecule has 1 N–H and O–H groups in total. The summed E-state index contributed by atoms with van der Waals surface area (Å²) in [4.78, 5) is 12.6. The monoisotopic (exact) mass is 474 g/mol. The molecule has 3 aromatic rings. The fourth-order valence-electron chi connectivity index (χ4n) is 2.84. The molecule has 0 spiro atoms. The van der Waals surface area contributed by atoms with E-state index < -0.39 is 28.3 Å². The Morgan fingerprint density at radius 1 is 1.12 bits per heavy atom. The van der Waals surface area contributed by atoms with E-state index in [-0.39, 0.29) is 16.8 Å². The Labute approximate surface area is 192 Å². The Hall–Kier alpha value is -3.64. The van der Waals surface area contributed by atoms with Gasteiger partial charge in [0, 0.05) is 11.6 Å². The van der Waals surface area contributed by atoms with E-state index in [1.54, 1.807) is 6.07 Å². The molecule has 0 aliphatic heterocycles. The first-order chi connectivity index (χ1) is 15.4. The molecule has 0 bridgehead atoms. The number of benzene rings is 2. The van der Waals surface area contributed by atoms with Crippen LogP contribution in [0.25, 0.3) is 11.3 Å². The maximum absolute atomic E-state index is 12.8. The number of halogens is 4. The summed E-state index contributed by atoms with van der Waals surface area (Å²) in [6, 6.07) is 13.4. The lowest BCUT2D eigenvalue weighted by Crippen LogP contribution is -2.14. The van der Waals surface area contributed by atoms with Gasteiger partial charge in [0.2, 0.25) is 11.5 Å². The SMILES string of the molecule is CC(C)(C)c1ccc(-c2cc(C(=O)C(C#N)=NNc3ccc(C(F)(F)F)c(Cl)c3)no2)cc1. The molecule has 0 unspecified atom stereocenters. The molecule has 0 radical (unpaired) electrons. The minimum atomic E-state index is -4.61. The normalized spacial score (nSPS) is 12.4. The van der Waals surface area contributed by atoms with Crippen molar-refractivity contribution in [2.24, 2.45) is 5.10 Å². The van der Waals surface area contributed by atoms with Crippen LogP contribution in [-0.2, 0) is 11.6 Å². The van der Waals surface area contributed by atoms with Crippen molar-refractivity contribution < 1.29 is 22.5 Å². The maximum atomic E-state index is 12.8. The minimum Gasteiger partial charge on any atom is -0.356 e. The number of anilines is 1. The summed E-state index contributed by atoms with van der Waals surface area (Å²) in [6.45, 7) is 6.26. The molecule has 3 rings (SSSR count). The van der Waals surface area contributed by atoms with Crippen molar-refractivity contribution in [1.82, 2.24) is 5.16 Å². The number of nitrogens with zero attached hydrogens (tertiary/aromatic N) is 3. The van der Waals surface area contributed by atoms with Crippen LogP contribution in [0, 0.1) is 11.3 Å². The molecular weight excluding hydrogens is 457 g/mol. The van der Waals surface area contributed by atoms with Gasteiger partial charge in [0.1, 0.15) is 6.07 Å². The first-order valence-corrected chi connectivity index (χ1v) is 10.0. The second-order valence-corrected chi connectivity index (χ2v) is 8.52. The maximum Gasteiger partial charge on any atom is 0.417 e. The van der Waals surface area contributed by atoms with Crippen molar-refractivity contribution in [2.75, 3.05) is 5.43 Å². The zero-order valence-electron chi connectivity index (χ0n) is 17.8. The van der Waals surface area contributed by atoms with Crippen LogP contribution in [-0.4, -0.2) is 16.7 Å². The molecule has 6 nitrogen and oxygen atoms in total. The Morgan fingerprint density at radius 2 is 1.79 bits per heavy atom. The van der Waals surface area contributed by atoms with E-state index in [2.05, 4.69) is 36.5 Å². The Kier molecular flexibility index (Phi) is 6.60. The van der Waals surface area contributed by atoms with Crippen LogP contribution >= 0.6 is 11.6 Å². The Balaban J connectivity index is 1.77. The van der Waals surface area contributed by atoms with Gasteiger partial charge in [0.05, 0.1) is 16.3 Å². The van der Waals surface area contributed by atoms with E-state index in [4.69, 9.17) is 16.1 Å². The number of ketones is 1. The average Bonchev–Trinajstić information content (AvgIpc) is 3.23. The van der Waals surface area contributed by atoms with Gasteiger partial charge in [-0.15, -0.1) is 0 Å². The largest absolute Gasteiger partial charge is 0.417 e. The van der Waals surface area contributed by atoms with Gasteiger partial charge in [-0.2, -0.15) is 23.5 Å². The topological polar surface area (TPSA) is 91.3 Å². The molecule has 1 aromatic heterocycles. The highest BCUT2D eigenvalue weighted by Crippen LogP contribution is 2.35. The minimum absolute atomic E-state index is 0.0243. The van der Waals surface area contributed by atoms with Crippen molar-refractivity contribution in [3.05, 3.63) is 70.4 Å². The van der Waals surface area contributed by atoms with E-state index >= 15 is 0 Å². The molecular formula is C23H18ClF3N4O2. The second kappa shape index (κ2) is 9.08. The molecule has 1 heterocycles. The molecule has 0 saturated heterocycles. The lowest BCUT2D eigenvalue weighted by molar-refractivity contribution is -0.137. The molecule has 0 fully saturated rings. The standard InChI is InChI=1S/C23H18ClF3N4O2/c1-22(2,3)14-6-4-13(5-7-14)20-11-18(31-33-20)21(32)19(12-28)30-29-15-8-9-16(17(24)10-15)23(25,26)27/h4-11,29H,1-3H3. The predicted octanol–water partition coefficient (Wildman–Crippen LogP) is 6.49. The van der Waals surface area contributed by atoms with Crippen LogP contribution in [0.5, 0.6) is 0 Å². The number of nitrogens with one attached hydrogen (secondary N) is 1. The van der Waals surface area contributed by atoms with Crippen LogP contribution in [0.1, 0.15) is 42.4 Å². The molecule has 10 heteroatoms. The third kappa shape index (κ3) is 5.59. The third-order valence-corrected chi connectivity index (χ3v) is 4.98. The smallest absolute Gasteiger partial charge is 0.356 e. The van der Waals surface area contributed by atoms with Gasteiger partial charge >= 0.3 is 6.18 Å². The van der Waals surface area contributed by atoms with Crippen LogP contribution in [0.2, 0.25) is 5.02 Å². The van der Waals surface area contributed by atoms with E-state index in [0.29, 0.717) is 11.3 Å². The summed E-state index contributed by atoms with van der Waals surface area (Å²) in [7, 11) is 0. The van der Waals surface area contributed by atoms with Gasteiger partial charge in [0.25, 0.3) is 0 Å². The van der Waals surface area contributed by atoms with E-state index in [0.717, 1.165) is 23.8 Å². The number of carbonyl (C=O) groups is 1. The highest BCUT2D eigenvalue weighted by molar-refractivity contribution is 6.51. The quantitative estimate of drug-likeness (QED) is 0.259. The molecule has 0 atom stereocenters. The van der Waals surface area contributed by atoms with Crippen LogP contribution < -0.4 is 5.43 Å². The first-order valence-electron chi connectivity index (χ1n) is 9.63. The number of hydrazone groups is 1. The zero-order valence-corrected chi connectivity index (χ0v) is 18.5. The number of hydrogen-bond acceptors (Lipinski definition) is 6. The van der Waals surface area contributed by atoms with Gasteiger partial charge in [-0.3, -0.25) is 10.2 Å². The molecule has 170 valence electrons. The molecule has 33 heavy (non-hydrogen) atoms.